The lowest BCUT2D eigenvalue weighted by atomic mass is 10.2. The van der Waals surface area contributed by atoms with Crippen molar-refractivity contribution < 1.29 is 9.53 Å². The van der Waals surface area contributed by atoms with E-state index in [2.05, 4.69) is 9.88 Å². The number of hydrogen-bond acceptors (Lipinski definition) is 4. The van der Waals surface area contributed by atoms with Crippen molar-refractivity contribution in [2.75, 3.05) is 39.4 Å². The van der Waals surface area contributed by atoms with Crippen LogP contribution >= 0.6 is 11.6 Å². The third kappa shape index (κ3) is 4.51. The van der Waals surface area contributed by atoms with Gasteiger partial charge in [0.15, 0.2) is 0 Å². The van der Waals surface area contributed by atoms with Crippen LogP contribution in [0.3, 0.4) is 0 Å². The number of ether oxygens (including phenoxy) is 1. The third-order valence-corrected chi connectivity index (χ3v) is 6.05. The minimum absolute atomic E-state index is 0.0440. The molecule has 1 fully saturated rings. The van der Waals surface area contributed by atoms with Gasteiger partial charge in [-0.05, 0) is 30.2 Å². The van der Waals surface area contributed by atoms with Crippen LogP contribution < -0.4 is 0 Å². The molecule has 2 aromatic heterocycles. The summed E-state index contributed by atoms with van der Waals surface area (Å²) in [5.74, 6) is -0.0440. The topological polar surface area (TPSA) is 50.6 Å². The van der Waals surface area contributed by atoms with Gasteiger partial charge in [-0.1, -0.05) is 29.8 Å². The molecule has 0 aliphatic carbocycles. The van der Waals surface area contributed by atoms with Crippen molar-refractivity contribution in [1.82, 2.24) is 19.4 Å². The molecule has 0 atom stereocenters. The maximum atomic E-state index is 13.6. The molecule has 3 aromatic rings. The summed E-state index contributed by atoms with van der Waals surface area (Å²) in [4.78, 5) is 22.0. The molecule has 158 valence electrons. The monoisotopic (exact) mass is 426 g/mol. The van der Waals surface area contributed by atoms with Crippen LogP contribution in [-0.2, 0) is 18.3 Å². The lowest BCUT2D eigenvalue weighted by molar-refractivity contribution is 0.0355. The number of hydrogen-bond donors (Lipinski definition) is 0. The van der Waals surface area contributed by atoms with Gasteiger partial charge in [0, 0.05) is 63.1 Å². The number of halogens is 1. The number of morpholine rings is 1. The number of amides is 1. The Morgan fingerprint density at radius 3 is 2.63 bits per heavy atom. The molecule has 6 nitrogen and oxygen atoms in total. The molecule has 3 heterocycles. The summed E-state index contributed by atoms with van der Waals surface area (Å²) >= 11 is 6.66. The molecule has 0 unspecified atom stereocenters. The Hall–Kier alpha value is -2.41. The van der Waals surface area contributed by atoms with Crippen LogP contribution in [0.15, 0.2) is 48.8 Å². The highest BCUT2D eigenvalue weighted by Gasteiger charge is 2.25. The quantitative estimate of drug-likeness (QED) is 0.579. The lowest BCUT2D eigenvalue weighted by Crippen LogP contribution is -2.39. The maximum absolute atomic E-state index is 13.6. The summed E-state index contributed by atoms with van der Waals surface area (Å²) < 4.78 is 7.33. The average Bonchev–Trinajstić information content (AvgIpc) is 3.04. The van der Waals surface area contributed by atoms with Crippen LogP contribution in [0.25, 0.3) is 10.9 Å². The molecule has 30 heavy (non-hydrogen) atoms. The standard InChI is InChI=1S/C23H27ClN4O2/c1-26-20-6-3-2-5-19(20)21(24)22(26)23(29)28(17-18-7-9-25-10-8-18)12-4-11-27-13-15-30-16-14-27/h2-3,5-10H,4,11-17H2,1H3. The fourth-order valence-corrected chi connectivity index (χ4v) is 4.37. The van der Waals surface area contributed by atoms with Gasteiger partial charge in [-0.2, -0.15) is 0 Å². The van der Waals surface area contributed by atoms with Gasteiger partial charge in [-0.25, -0.2) is 0 Å². The first-order valence-electron chi connectivity index (χ1n) is 10.4. The number of para-hydroxylation sites is 1. The molecule has 0 radical (unpaired) electrons. The molecule has 1 saturated heterocycles. The highest BCUT2D eigenvalue weighted by molar-refractivity contribution is 6.38. The summed E-state index contributed by atoms with van der Waals surface area (Å²) in [7, 11) is 1.90. The fraction of sp³-hybridized carbons (Fsp3) is 0.391. The number of aryl methyl sites for hydroxylation is 1. The van der Waals surface area contributed by atoms with E-state index in [1.54, 1.807) is 12.4 Å². The Morgan fingerprint density at radius 2 is 1.90 bits per heavy atom. The fourth-order valence-electron chi connectivity index (χ4n) is 4.01. The second-order valence-electron chi connectivity index (χ2n) is 7.63. The highest BCUT2D eigenvalue weighted by atomic mass is 35.5. The Balaban J connectivity index is 1.55. The van der Waals surface area contributed by atoms with E-state index in [1.807, 2.05) is 52.9 Å². The molecule has 1 aromatic carbocycles. The summed E-state index contributed by atoms with van der Waals surface area (Å²) in [6.45, 7) is 5.61. The summed E-state index contributed by atoms with van der Waals surface area (Å²) in [6.07, 6.45) is 4.42. The van der Waals surface area contributed by atoms with Crippen molar-refractivity contribution >= 4 is 28.4 Å². The van der Waals surface area contributed by atoms with E-state index < -0.39 is 0 Å². The minimum Gasteiger partial charge on any atom is -0.379 e. The van der Waals surface area contributed by atoms with E-state index >= 15 is 0 Å². The predicted molar refractivity (Wildman–Crippen MR) is 119 cm³/mol. The molecule has 0 N–H and O–H groups in total. The molecule has 1 amide bonds. The number of rotatable bonds is 7. The van der Waals surface area contributed by atoms with Crippen LogP contribution in [0, 0.1) is 0 Å². The van der Waals surface area contributed by atoms with Gasteiger partial charge in [-0.15, -0.1) is 0 Å². The van der Waals surface area contributed by atoms with Crippen LogP contribution in [0.4, 0.5) is 0 Å². The summed E-state index contributed by atoms with van der Waals surface area (Å²) in [6, 6.07) is 11.8. The Kier molecular flexibility index (Phi) is 6.67. The first-order chi connectivity index (χ1) is 14.6. The lowest BCUT2D eigenvalue weighted by Gasteiger charge is -2.28. The maximum Gasteiger partial charge on any atom is 0.272 e. The van der Waals surface area contributed by atoms with Crippen molar-refractivity contribution in [3.8, 4) is 0 Å². The van der Waals surface area contributed by atoms with Gasteiger partial charge in [0.05, 0.1) is 18.2 Å². The van der Waals surface area contributed by atoms with Crippen molar-refractivity contribution in [3.05, 3.63) is 65.1 Å². The van der Waals surface area contributed by atoms with Gasteiger partial charge < -0.3 is 14.2 Å². The largest absolute Gasteiger partial charge is 0.379 e. The number of pyridine rings is 1. The van der Waals surface area contributed by atoms with Crippen LogP contribution in [-0.4, -0.2) is 64.7 Å². The van der Waals surface area contributed by atoms with Gasteiger partial charge in [0.2, 0.25) is 0 Å². The second kappa shape index (κ2) is 9.60. The van der Waals surface area contributed by atoms with E-state index in [-0.39, 0.29) is 5.91 Å². The minimum atomic E-state index is -0.0440. The van der Waals surface area contributed by atoms with E-state index in [0.717, 1.165) is 55.7 Å². The molecule has 7 heteroatoms. The normalized spacial score (nSPS) is 14.9. The summed E-state index contributed by atoms with van der Waals surface area (Å²) in [5.41, 5.74) is 2.56. The van der Waals surface area contributed by atoms with Crippen LogP contribution in [0.2, 0.25) is 5.02 Å². The van der Waals surface area contributed by atoms with Gasteiger partial charge >= 0.3 is 0 Å². The number of carbonyl (C=O) groups excluding carboxylic acids is 1. The highest BCUT2D eigenvalue weighted by Crippen LogP contribution is 2.31. The van der Waals surface area contributed by atoms with E-state index in [4.69, 9.17) is 16.3 Å². The number of aromatic nitrogens is 2. The molecular weight excluding hydrogens is 400 g/mol. The van der Waals surface area contributed by atoms with Gasteiger partial charge in [0.25, 0.3) is 5.91 Å². The Labute approximate surface area is 182 Å². The molecule has 0 saturated carbocycles. The third-order valence-electron chi connectivity index (χ3n) is 5.66. The average molecular weight is 427 g/mol. The Bertz CT molecular complexity index is 960. The molecule has 0 bridgehead atoms. The predicted octanol–water partition coefficient (Wildman–Crippen LogP) is 3.59. The van der Waals surface area contributed by atoms with Crippen LogP contribution in [0.5, 0.6) is 0 Å². The zero-order chi connectivity index (χ0) is 20.9. The summed E-state index contributed by atoms with van der Waals surface area (Å²) in [5, 5.41) is 1.42. The smallest absolute Gasteiger partial charge is 0.272 e. The second-order valence-corrected chi connectivity index (χ2v) is 8.01. The zero-order valence-corrected chi connectivity index (χ0v) is 18.0. The zero-order valence-electron chi connectivity index (χ0n) is 17.3. The molecule has 1 aliphatic rings. The van der Waals surface area contributed by atoms with Crippen molar-refractivity contribution in [2.24, 2.45) is 7.05 Å². The van der Waals surface area contributed by atoms with Crippen LogP contribution in [0.1, 0.15) is 22.5 Å². The molecule has 1 aliphatic heterocycles. The number of carbonyl (C=O) groups is 1. The van der Waals surface area contributed by atoms with Crippen molar-refractivity contribution in [1.29, 1.82) is 0 Å². The van der Waals surface area contributed by atoms with Gasteiger partial charge in [-0.3, -0.25) is 14.7 Å². The molecule has 4 rings (SSSR count). The Morgan fingerprint density at radius 1 is 1.17 bits per heavy atom. The molecule has 0 spiro atoms. The molecular formula is C23H27ClN4O2. The number of fused-ring (bicyclic) bond motifs is 1. The van der Waals surface area contributed by atoms with Crippen molar-refractivity contribution in [2.45, 2.75) is 13.0 Å². The number of nitrogens with zero attached hydrogens (tertiary/aromatic N) is 4. The van der Waals surface area contributed by atoms with Crippen molar-refractivity contribution in [3.63, 3.8) is 0 Å². The first-order valence-corrected chi connectivity index (χ1v) is 10.7. The van der Waals surface area contributed by atoms with E-state index in [0.29, 0.717) is 23.8 Å². The van der Waals surface area contributed by atoms with Gasteiger partial charge in [0.1, 0.15) is 5.69 Å². The van der Waals surface area contributed by atoms with E-state index in [1.165, 1.54) is 0 Å². The SMILES string of the molecule is Cn1c(C(=O)N(CCCN2CCOCC2)Cc2ccncc2)c(Cl)c2ccccc21. The first kappa shape index (κ1) is 20.8. The van der Waals surface area contributed by atoms with E-state index in [9.17, 15) is 4.79 Å². The number of benzene rings is 1.